The van der Waals surface area contributed by atoms with Gasteiger partial charge in [-0.25, -0.2) is 4.39 Å². The molecule has 8 nitrogen and oxygen atoms in total. The second-order valence-corrected chi connectivity index (χ2v) is 22.2. The van der Waals surface area contributed by atoms with Crippen LogP contribution in [0, 0.1) is 62.0 Å². The maximum atomic E-state index is 15.3. The van der Waals surface area contributed by atoms with Gasteiger partial charge >= 0.3 is 11.9 Å². The van der Waals surface area contributed by atoms with Crippen LogP contribution in [0.2, 0.25) is 5.02 Å². The Morgan fingerprint density at radius 1 is 0.966 bits per heavy atom. The number of carbonyl (C=O) groups excluding carboxylic acids is 2. The van der Waals surface area contributed by atoms with E-state index in [0.717, 1.165) is 63.5 Å². The number of benzene rings is 1. The number of nitrogens with zero attached hydrogens (tertiary/aromatic N) is 2. The van der Waals surface area contributed by atoms with E-state index in [2.05, 4.69) is 58.3 Å². The van der Waals surface area contributed by atoms with E-state index in [9.17, 15) is 24.6 Å². The number of Topliss-reactive ketones (excluding diaryl/α,β-unsaturated/α-hetero) is 1. The minimum atomic E-state index is -1.19. The highest BCUT2D eigenvalue weighted by Crippen LogP contribution is 2.77. The number of halogens is 2. The van der Waals surface area contributed by atoms with E-state index in [4.69, 9.17) is 16.3 Å². The van der Waals surface area contributed by atoms with Gasteiger partial charge in [-0.15, -0.1) is 0 Å². The number of likely N-dealkylation sites (N-methyl/N-ethyl adjacent to an activating group) is 1. The zero-order valence-corrected chi connectivity index (χ0v) is 38.0. The van der Waals surface area contributed by atoms with Crippen molar-refractivity contribution in [1.82, 2.24) is 9.80 Å². The Balaban J connectivity index is 1.29. The molecule has 10 heteroatoms. The van der Waals surface area contributed by atoms with Gasteiger partial charge in [-0.2, -0.15) is 0 Å². The molecule has 0 aromatic heterocycles. The van der Waals surface area contributed by atoms with Crippen LogP contribution in [0.25, 0.3) is 0 Å². The molecule has 58 heavy (non-hydrogen) atoms. The summed E-state index contributed by atoms with van der Waals surface area (Å²) in [4.78, 5) is 43.5. The van der Waals surface area contributed by atoms with Crippen molar-refractivity contribution in [1.29, 1.82) is 0 Å². The number of ether oxygens (including phenoxy) is 1. The fraction of sp³-hybridized carbons (Fsp3) is 0.771. The predicted octanol–water partition coefficient (Wildman–Crippen LogP) is 9.60. The molecule has 4 fully saturated rings. The van der Waals surface area contributed by atoms with Gasteiger partial charge in [-0.3, -0.25) is 19.3 Å². The van der Waals surface area contributed by atoms with E-state index < -0.39 is 34.7 Å². The first-order valence-electron chi connectivity index (χ1n) is 22.0. The number of aliphatic carboxylic acids is 1. The first kappa shape index (κ1) is 45.2. The first-order chi connectivity index (χ1) is 26.9. The summed E-state index contributed by atoms with van der Waals surface area (Å²) in [5, 5.41) is 22.4. The molecule has 9 atom stereocenters. The molecule has 5 aliphatic rings. The van der Waals surface area contributed by atoms with Crippen LogP contribution in [0.3, 0.4) is 0 Å². The molecule has 6 rings (SSSR count). The smallest absolute Gasteiger partial charge is 0.309 e. The lowest BCUT2D eigenvalue weighted by Gasteiger charge is -2.72. The predicted molar refractivity (Wildman–Crippen MR) is 227 cm³/mol. The Kier molecular flexibility index (Phi) is 12.4. The third kappa shape index (κ3) is 7.42. The molecule has 0 spiro atoms. The van der Waals surface area contributed by atoms with Crippen LogP contribution in [0.4, 0.5) is 4.39 Å². The number of fused-ring (bicyclic) bond motifs is 7. The zero-order valence-electron chi connectivity index (χ0n) is 37.3. The van der Waals surface area contributed by atoms with Gasteiger partial charge in [-0.1, -0.05) is 77.8 Å². The molecule has 0 amide bonds. The van der Waals surface area contributed by atoms with E-state index in [1.807, 2.05) is 14.1 Å². The van der Waals surface area contributed by atoms with Gasteiger partial charge in [0.15, 0.2) is 5.78 Å². The minimum Gasteiger partial charge on any atom is -0.481 e. The summed E-state index contributed by atoms with van der Waals surface area (Å²) < 4.78 is 21.4. The Bertz CT molecular complexity index is 1810. The monoisotopic (exact) mass is 827 g/mol. The second-order valence-electron chi connectivity index (χ2n) is 21.8. The summed E-state index contributed by atoms with van der Waals surface area (Å²) in [6.07, 6.45) is 6.52. The Hall–Kier alpha value is -2.33. The van der Waals surface area contributed by atoms with Crippen LogP contribution in [-0.4, -0.2) is 83.7 Å². The first-order valence-corrected chi connectivity index (χ1v) is 22.4. The van der Waals surface area contributed by atoms with Crippen molar-refractivity contribution in [3.05, 3.63) is 45.7 Å². The number of hydrogen-bond donors (Lipinski definition) is 2. The van der Waals surface area contributed by atoms with Crippen molar-refractivity contribution in [2.45, 2.75) is 145 Å². The van der Waals surface area contributed by atoms with Crippen LogP contribution >= 0.6 is 11.6 Å². The highest BCUT2D eigenvalue weighted by molar-refractivity contribution is 6.30. The van der Waals surface area contributed by atoms with E-state index >= 15 is 4.39 Å². The van der Waals surface area contributed by atoms with Gasteiger partial charge < -0.3 is 19.8 Å². The number of esters is 1. The quantitative estimate of drug-likeness (QED) is 0.190. The van der Waals surface area contributed by atoms with Crippen molar-refractivity contribution >= 4 is 29.3 Å². The molecular weight excluding hydrogens is 755 g/mol. The number of hydrogen-bond acceptors (Lipinski definition) is 7. The standard InChI is InChI=1S/C48H72ClFN2O6/c1-29(2)39-33(53)25-48(36(54)28-52(24-23-51(10)11)27-30-13-12-14-32(49)41(30)50)22-21-46(8)31(40(39)48)15-16-35-45(7)19-18-37(58-38(55)26-43(3,4)42(56)57)44(5,6)34(45)17-20-47(35,46)9/h12-14,29,31,34-37,54H,15-28H2,1-11H3,(H,56,57)/t31-,34+,35-,36+,37+,45+,46-,47-,48+/m1/s1. The number of aliphatic hydroxyl groups excluding tert-OH is 1. The average molecular weight is 828 g/mol. The maximum Gasteiger partial charge on any atom is 0.309 e. The molecule has 1 aromatic carbocycles. The Labute approximate surface area is 352 Å². The van der Waals surface area contributed by atoms with E-state index in [-0.39, 0.29) is 56.8 Å². The lowest BCUT2D eigenvalue weighted by Crippen LogP contribution is -2.66. The molecule has 0 heterocycles. The van der Waals surface area contributed by atoms with Crippen molar-refractivity contribution < 1.29 is 33.7 Å². The number of allylic oxidation sites excluding steroid dienone is 1. The fourth-order valence-corrected chi connectivity index (χ4v) is 14.0. The topological polar surface area (TPSA) is 107 Å². The molecule has 2 N–H and O–H groups in total. The molecule has 324 valence electrons. The number of ketones is 1. The van der Waals surface area contributed by atoms with Crippen molar-refractivity contribution in [3.63, 3.8) is 0 Å². The maximum absolute atomic E-state index is 15.3. The van der Waals surface area contributed by atoms with Gasteiger partial charge in [0.1, 0.15) is 11.9 Å². The normalized spacial score (nSPS) is 35.1. The summed E-state index contributed by atoms with van der Waals surface area (Å²) in [5.74, 6) is -0.702. The van der Waals surface area contributed by atoms with Crippen LogP contribution in [-0.2, 0) is 25.7 Å². The van der Waals surface area contributed by atoms with Crippen molar-refractivity contribution in [2.75, 3.05) is 33.7 Å². The van der Waals surface area contributed by atoms with Crippen molar-refractivity contribution in [3.8, 4) is 0 Å². The van der Waals surface area contributed by atoms with E-state index in [0.29, 0.717) is 43.5 Å². The summed E-state index contributed by atoms with van der Waals surface area (Å²) >= 11 is 6.21. The molecule has 0 aliphatic heterocycles. The number of carboxylic acids is 1. The lowest BCUT2D eigenvalue weighted by molar-refractivity contribution is -0.235. The molecule has 0 unspecified atom stereocenters. The van der Waals surface area contributed by atoms with Crippen LogP contribution in [0.15, 0.2) is 29.3 Å². The van der Waals surface area contributed by atoms with Crippen LogP contribution in [0.5, 0.6) is 0 Å². The average Bonchev–Trinajstić information content (AvgIpc) is 3.43. The highest BCUT2D eigenvalue weighted by Gasteiger charge is 2.71. The number of carbonyl (C=O) groups is 3. The van der Waals surface area contributed by atoms with Gasteiger partial charge in [-0.05, 0) is 131 Å². The SMILES string of the molecule is CC(C)C1=C2[C@H]3CC[C@@H]4[C@@]5(C)CC[C@H](OC(=O)CC(C)(C)C(=O)O)C(C)(C)[C@@H]5CC[C@@]4(C)[C@]3(C)CC[C@@]2([C@@H](O)CN(CCN(C)C)Cc2cccc(Cl)c2F)CC1=O. The number of rotatable bonds is 13. The molecule has 4 saturated carbocycles. The molecule has 0 saturated heterocycles. The van der Waals surface area contributed by atoms with Gasteiger partial charge in [0.2, 0.25) is 0 Å². The molecule has 0 bridgehead atoms. The highest BCUT2D eigenvalue weighted by atomic mass is 35.5. The van der Waals surface area contributed by atoms with E-state index in [1.165, 1.54) is 5.57 Å². The molecule has 0 radical (unpaired) electrons. The third-order valence-electron chi connectivity index (χ3n) is 17.2. The summed E-state index contributed by atoms with van der Waals surface area (Å²) in [6, 6.07) is 5.09. The van der Waals surface area contributed by atoms with E-state index in [1.54, 1.807) is 32.0 Å². The third-order valence-corrected chi connectivity index (χ3v) is 17.5. The minimum absolute atomic E-state index is 0.00797. The van der Waals surface area contributed by atoms with Gasteiger partial charge in [0.05, 0.1) is 23.0 Å². The van der Waals surface area contributed by atoms with Gasteiger partial charge in [0.25, 0.3) is 0 Å². The number of aliphatic hydroxyl groups is 1. The zero-order chi connectivity index (χ0) is 43.0. The summed E-state index contributed by atoms with van der Waals surface area (Å²) in [7, 11) is 4.02. The van der Waals surface area contributed by atoms with Crippen LogP contribution < -0.4 is 0 Å². The fourth-order valence-electron chi connectivity index (χ4n) is 13.8. The Morgan fingerprint density at radius 2 is 1.66 bits per heavy atom. The largest absolute Gasteiger partial charge is 0.481 e. The second kappa shape index (κ2) is 15.9. The van der Waals surface area contributed by atoms with Crippen LogP contribution in [0.1, 0.15) is 132 Å². The Morgan fingerprint density at radius 3 is 2.29 bits per heavy atom. The molecule has 1 aromatic rings. The summed E-state index contributed by atoms with van der Waals surface area (Å²) in [6.45, 7) is 21.5. The van der Waals surface area contributed by atoms with Crippen molar-refractivity contribution in [2.24, 2.45) is 56.2 Å². The van der Waals surface area contributed by atoms with Gasteiger partial charge in [0, 0.05) is 49.0 Å². The summed E-state index contributed by atoms with van der Waals surface area (Å²) in [5.41, 5.74) is 0.465. The number of carboxylic acid groups (broad SMARTS) is 1. The molecule has 5 aliphatic carbocycles. The molecular formula is C48H72ClFN2O6. The lowest BCUT2D eigenvalue weighted by atomic mass is 9.33.